The summed E-state index contributed by atoms with van der Waals surface area (Å²) in [5, 5.41) is 13.1. The van der Waals surface area contributed by atoms with Crippen LogP contribution in [-0.4, -0.2) is 0 Å². The first-order valence-corrected chi connectivity index (χ1v) is 17.1. The number of hydrogen-bond acceptors (Lipinski definition) is 2. The molecule has 2 heteroatoms. The average molecular weight is 637 g/mol. The maximum atomic E-state index is 6.67. The van der Waals surface area contributed by atoms with Gasteiger partial charge in [0.1, 0.15) is 22.5 Å². The van der Waals surface area contributed by atoms with E-state index < -0.39 is 0 Å². The van der Waals surface area contributed by atoms with Crippen molar-refractivity contribution in [3.05, 3.63) is 170 Å². The standard InChI is InChI=1S/C48H28O2/c1-2-14-29(15-3-1)42-27-40-43(50-42)28-44-47(38-24-12-13-25-41(38)49-44)48(40)46-36-22-10-8-20-34(36)45(35-21-9-11-23-37(35)46)39-26-30-16-4-5-17-31(30)32-18-6-7-19-33(32)39/h1-28H. The van der Waals surface area contributed by atoms with E-state index in [0.29, 0.717) is 0 Å². The molecule has 0 unspecified atom stereocenters. The van der Waals surface area contributed by atoms with Gasteiger partial charge in [-0.25, -0.2) is 0 Å². The Labute approximate surface area is 287 Å². The van der Waals surface area contributed by atoms with Crippen molar-refractivity contribution in [3.63, 3.8) is 0 Å². The van der Waals surface area contributed by atoms with E-state index in [0.717, 1.165) is 49.8 Å². The van der Waals surface area contributed by atoms with Crippen molar-refractivity contribution in [2.75, 3.05) is 0 Å². The van der Waals surface area contributed by atoms with E-state index >= 15 is 0 Å². The van der Waals surface area contributed by atoms with Gasteiger partial charge in [0.15, 0.2) is 0 Å². The van der Waals surface area contributed by atoms with Gasteiger partial charge in [-0.1, -0.05) is 146 Å². The molecule has 0 fully saturated rings. The summed E-state index contributed by atoms with van der Waals surface area (Å²) in [4.78, 5) is 0. The number of furan rings is 2. The zero-order valence-corrected chi connectivity index (χ0v) is 27.0. The molecule has 0 N–H and O–H groups in total. The van der Waals surface area contributed by atoms with Gasteiger partial charge in [-0.2, -0.15) is 0 Å². The first-order valence-electron chi connectivity index (χ1n) is 17.1. The van der Waals surface area contributed by atoms with E-state index in [-0.39, 0.29) is 0 Å². The number of para-hydroxylation sites is 1. The van der Waals surface area contributed by atoms with Crippen molar-refractivity contribution < 1.29 is 8.83 Å². The van der Waals surface area contributed by atoms with Crippen LogP contribution in [0.15, 0.2) is 179 Å². The summed E-state index contributed by atoms with van der Waals surface area (Å²) >= 11 is 0. The highest BCUT2D eigenvalue weighted by Gasteiger charge is 2.25. The zero-order chi connectivity index (χ0) is 32.8. The first-order chi connectivity index (χ1) is 24.8. The number of hydrogen-bond donors (Lipinski definition) is 0. The molecular weight excluding hydrogens is 609 g/mol. The van der Waals surface area contributed by atoms with Gasteiger partial charge in [-0.3, -0.25) is 0 Å². The Bertz CT molecular complexity index is 3080. The Kier molecular flexibility index (Phi) is 5.70. The predicted molar refractivity (Wildman–Crippen MR) is 210 cm³/mol. The van der Waals surface area contributed by atoms with Crippen LogP contribution >= 0.6 is 0 Å². The molecule has 0 spiro atoms. The molecule has 50 heavy (non-hydrogen) atoms. The van der Waals surface area contributed by atoms with Gasteiger partial charge in [-0.15, -0.1) is 0 Å². The van der Waals surface area contributed by atoms with Gasteiger partial charge < -0.3 is 8.83 Å². The SMILES string of the molecule is c1ccc(-c2cc3c(-c4c5ccccc5c(-c5cc6ccccc6c6ccccc56)c5ccccc45)c4c(cc3o2)oc2ccccc24)cc1. The monoisotopic (exact) mass is 636 g/mol. The lowest BCUT2D eigenvalue weighted by Crippen LogP contribution is -1.93. The second-order valence-corrected chi connectivity index (χ2v) is 13.1. The lowest BCUT2D eigenvalue weighted by atomic mass is 9.82. The molecule has 11 rings (SSSR count). The predicted octanol–water partition coefficient (Wildman–Crippen LogP) is 13.9. The first kappa shape index (κ1) is 27.3. The van der Waals surface area contributed by atoms with Crippen molar-refractivity contribution in [3.8, 4) is 33.6 Å². The van der Waals surface area contributed by atoms with Crippen LogP contribution in [0.25, 0.3) is 110 Å². The number of fused-ring (bicyclic) bond motifs is 9. The molecule has 0 aliphatic heterocycles. The van der Waals surface area contributed by atoms with Crippen LogP contribution in [0.5, 0.6) is 0 Å². The fourth-order valence-corrected chi connectivity index (χ4v) is 8.34. The zero-order valence-electron chi connectivity index (χ0n) is 27.0. The Hall–Kier alpha value is -6.64. The average Bonchev–Trinajstić information content (AvgIpc) is 3.78. The highest BCUT2D eigenvalue weighted by molar-refractivity contribution is 6.31. The Morgan fingerprint density at radius 2 is 0.860 bits per heavy atom. The molecule has 2 heterocycles. The summed E-state index contributed by atoms with van der Waals surface area (Å²) in [5.74, 6) is 0.840. The van der Waals surface area contributed by atoms with Crippen LogP contribution in [0.2, 0.25) is 0 Å². The van der Waals surface area contributed by atoms with Crippen LogP contribution < -0.4 is 0 Å². The van der Waals surface area contributed by atoms with E-state index in [1.54, 1.807) is 0 Å². The molecule has 0 radical (unpaired) electrons. The van der Waals surface area contributed by atoms with Crippen LogP contribution in [-0.2, 0) is 0 Å². The van der Waals surface area contributed by atoms with Crippen molar-refractivity contribution in [1.29, 1.82) is 0 Å². The molecule has 0 saturated carbocycles. The quantitative estimate of drug-likeness (QED) is 0.142. The number of benzene rings is 9. The minimum Gasteiger partial charge on any atom is -0.456 e. The molecule has 0 aliphatic rings. The molecule has 232 valence electrons. The van der Waals surface area contributed by atoms with Gasteiger partial charge in [0, 0.05) is 33.4 Å². The van der Waals surface area contributed by atoms with E-state index in [9.17, 15) is 0 Å². The molecule has 0 atom stereocenters. The second-order valence-electron chi connectivity index (χ2n) is 13.1. The molecular formula is C48H28O2. The van der Waals surface area contributed by atoms with E-state index in [2.05, 4.69) is 158 Å². The smallest absolute Gasteiger partial charge is 0.139 e. The Balaban J connectivity index is 1.34. The third-order valence-corrected chi connectivity index (χ3v) is 10.4. The highest BCUT2D eigenvalue weighted by atomic mass is 16.3. The van der Waals surface area contributed by atoms with Gasteiger partial charge in [-0.05, 0) is 78.0 Å². The van der Waals surface area contributed by atoms with Crippen LogP contribution in [0, 0.1) is 0 Å². The summed E-state index contributed by atoms with van der Waals surface area (Å²) in [6.45, 7) is 0. The third-order valence-electron chi connectivity index (χ3n) is 10.4. The molecule has 0 aliphatic carbocycles. The van der Waals surface area contributed by atoms with Crippen molar-refractivity contribution in [1.82, 2.24) is 0 Å². The lowest BCUT2D eigenvalue weighted by molar-refractivity contribution is 0.628. The van der Waals surface area contributed by atoms with Crippen LogP contribution in [0.3, 0.4) is 0 Å². The van der Waals surface area contributed by atoms with Crippen molar-refractivity contribution in [2.24, 2.45) is 0 Å². The van der Waals surface area contributed by atoms with Gasteiger partial charge in [0.2, 0.25) is 0 Å². The van der Waals surface area contributed by atoms with Crippen molar-refractivity contribution >= 4 is 76.0 Å². The summed E-state index contributed by atoms with van der Waals surface area (Å²) in [5.41, 5.74) is 8.36. The lowest BCUT2D eigenvalue weighted by Gasteiger charge is -2.20. The molecule has 2 nitrogen and oxygen atoms in total. The maximum Gasteiger partial charge on any atom is 0.139 e. The highest BCUT2D eigenvalue weighted by Crippen LogP contribution is 2.51. The van der Waals surface area contributed by atoms with Gasteiger partial charge in [0.25, 0.3) is 0 Å². The van der Waals surface area contributed by atoms with Gasteiger partial charge >= 0.3 is 0 Å². The normalized spacial score (nSPS) is 12.0. The van der Waals surface area contributed by atoms with Crippen molar-refractivity contribution in [2.45, 2.75) is 0 Å². The summed E-state index contributed by atoms with van der Waals surface area (Å²) in [7, 11) is 0. The Morgan fingerprint density at radius 3 is 1.58 bits per heavy atom. The fraction of sp³-hybridized carbons (Fsp3) is 0. The maximum absolute atomic E-state index is 6.67. The van der Waals surface area contributed by atoms with Gasteiger partial charge in [0.05, 0.1) is 0 Å². The number of rotatable bonds is 3. The van der Waals surface area contributed by atoms with Crippen LogP contribution in [0.1, 0.15) is 0 Å². The van der Waals surface area contributed by atoms with E-state index in [1.807, 2.05) is 12.1 Å². The molecule has 11 aromatic rings. The van der Waals surface area contributed by atoms with Crippen LogP contribution in [0.4, 0.5) is 0 Å². The van der Waals surface area contributed by atoms with E-state index in [4.69, 9.17) is 8.83 Å². The second kappa shape index (κ2) is 10.4. The van der Waals surface area contributed by atoms with E-state index in [1.165, 1.54) is 59.8 Å². The minimum atomic E-state index is 0.808. The molecule has 2 aromatic heterocycles. The summed E-state index contributed by atoms with van der Waals surface area (Å²) in [6.07, 6.45) is 0. The molecule has 0 amide bonds. The molecule has 0 bridgehead atoms. The molecule has 9 aromatic carbocycles. The summed E-state index contributed by atoms with van der Waals surface area (Å²) < 4.78 is 13.3. The topological polar surface area (TPSA) is 26.3 Å². The minimum absolute atomic E-state index is 0.808. The Morgan fingerprint density at radius 1 is 0.300 bits per heavy atom. The third kappa shape index (κ3) is 3.85. The molecule has 0 saturated heterocycles. The summed E-state index contributed by atoms with van der Waals surface area (Å²) in [6, 6.07) is 60.8. The fourth-order valence-electron chi connectivity index (χ4n) is 8.34. The largest absolute Gasteiger partial charge is 0.456 e.